The number of amides is 1. The number of hydrogen-bond acceptors (Lipinski definition) is 3. The molecule has 0 bridgehead atoms. The molecule has 0 spiro atoms. The predicted molar refractivity (Wildman–Crippen MR) is 81.0 cm³/mol. The minimum Gasteiger partial charge on any atom is -0.341 e. The molecule has 5 nitrogen and oxygen atoms in total. The summed E-state index contributed by atoms with van der Waals surface area (Å²) in [6, 6.07) is 9.97. The number of benzene rings is 1. The second kappa shape index (κ2) is 6.10. The van der Waals surface area contributed by atoms with Gasteiger partial charge >= 0.3 is 0 Å². The van der Waals surface area contributed by atoms with Crippen molar-refractivity contribution in [3.8, 4) is 5.69 Å². The Morgan fingerprint density at radius 1 is 1.43 bits per heavy atom. The van der Waals surface area contributed by atoms with Crippen molar-refractivity contribution in [3.05, 3.63) is 48.3 Å². The highest BCUT2D eigenvalue weighted by Crippen LogP contribution is 2.14. The van der Waals surface area contributed by atoms with E-state index in [0.29, 0.717) is 6.54 Å². The number of rotatable bonds is 4. The summed E-state index contributed by atoms with van der Waals surface area (Å²) < 4.78 is 1.84. The number of carbonyl (C=O) groups is 1. The Balaban J connectivity index is 1.65. The molecule has 3 rings (SSSR count). The molecule has 2 heterocycles. The summed E-state index contributed by atoms with van der Waals surface area (Å²) in [6.45, 7) is 2.34. The molecule has 0 radical (unpaired) electrons. The Morgan fingerprint density at radius 2 is 2.24 bits per heavy atom. The van der Waals surface area contributed by atoms with E-state index in [0.717, 1.165) is 30.8 Å². The lowest BCUT2D eigenvalue weighted by Gasteiger charge is -2.19. The first kappa shape index (κ1) is 13.8. The second-order valence-corrected chi connectivity index (χ2v) is 5.51. The van der Waals surface area contributed by atoms with Crippen LogP contribution in [-0.2, 0) is 11.3 Å². The molecule has 1 fully saturated rings. The molecule has 1 saturated heterocycles. The van der Waals surface area contributed by atoms with Crippen molar-refractivity contribution in [1.82, 2.24) is 20.0 Å². The van der Waals surface area contributed by atoms with E-state index in [2.05, 4.69) is 10.4 Å². The molecule has 1 atom stereocenters. The maximum Gasteiger partial charge on any atom is 0.227 e. The first-order valence-corrected chi connectivity index (χ1v) is 7.29. The molecule has 2 aromatic rings. The van der Waals surface area contributed by atoms with Crippen molar-refractivity contribution in [3.63, 3.8) is 0 Å². The summed E-state index contributed by atoms with van der Waals surface area (Å²) >= 11 is 0. The molecule has 0 aliphatic carbocycles. The Bertz CT molecular complexity index is 602. The van der Waals surface area contributed by atoms with Crippen LogP contribution in [0.25, 0.3) is 5.69 Å². The SMILES string of the molecule is CN(Cc1cnn(-c2ccccc2)c1)C(=O)C1CCNC1. The monoisotopic (exact) mass is 284 g/mol. The Labute approximate surface area is 124 Å². The molecule has 1 aromatic heterocycles. The predicted octanol–water partition coefficient (Wildman–Crippen LogP) is 1.44. The van der Waals surface area contributed by atoms with Gasteiger partial charge in [-0.05, 0) is 25.1 Å². The van der Waals surface area contributed by atoms with Crippen LogP contribution in [0.1, 0.15) is 12.0 Å². The molecular weight excluding hydrogens is 264 g/mol. The van der Waals surface area contributed by atoms with Crippen LogP contribution in [0.2, 0.25) is 0 Å². The third-order valence-corrected chi connectivity index (χ3v) is 3.86. The molecule has 1 aliphatic heterocycles. The lowest BCUT2D eigenvalue weighted by Crippen LogP contribution is -2.33. The average Bonchev–Trinajstić information content (AvgIpc) is 3.19. The maximum absolute atomic E-state index is 12.3. The largest absolute Gasteiger partial charge is 0.341 e. The Kier molecular flexibility index (Phi) is 4.01. The zero-order valence-electron chi connectivity index (χ0n) is 12.2. The zero-order valence-corrected chi connectivity index (χ0v) is 12.2. The van der Waals surface area contributed by atoms with Gasteiger partial charge in [0.15, 0.2) is 0 Å². The van der Waals surface area contributed by atoms with Crippen LogP contribution < -0.4 is 5.32 Å². The number of carbonyl (C=O) groups excluding carboxylic acids is 1. The van der Waals surface area contributed by atoms with E-state index in [-0.39, 0.29) is 11.8 Å². The molecule has 1 aromatic carbocycles. The van der Waals surface area contributed by atoms with Gasteiger partial charge in [-0.25, -0.2) is 4.68 Å². The van der Waals surface area contributed by atoms with Gasteiger partial charge in [-0.15, -0.1) is 0 Å². The highest BCUT2D eigenvalue weighted by molar-refractivity contribution is 5.79. The highest BCUT2D eigenvalue weighted by atomic mass is 16.2. The first-order valence-electron chi connectivity index (χ1n) is 7.29. The third kappa shape index (κ3) is 3.13. The van der Waals surface area contributed by atoms with Crippen molar-refractivity contribution in [2.24, 2.45) is 5.92 Å². The van der Waals surface area contributed by atoms with Crippen LogP contribution in [0.3, 0.4) is 0 Å². The highest BCUT2D eigenvalue weighted by Gasteiger charge is 2.25. The standard InChI is InChI=1S/C16H20N4O/c1-19(16(21)14-7-8-17-10-14)11-13-9-18-20(12-13)15-5-3-2-4-6-15/h2-6,9,12,14,17H,7-8,10-11H2,1H3. The van der Waals surface area contributed by atoms with Gasteiger partial charge in [0.2, 0.25) is 5.91 Å². The van der Waals surface area contributed by atoms with E-state index in [1.54, 1.807) is 4.90 Å². The fourth-order valence-electron chi connectivity index (χ4n) is 2.69. The molecule has 1 unspecified atom stereocenters. The number of hydrogen-bond donors (Lipinski definition) is 1. The van der Waals surface area contributed by atoms with Crippen molar-refractivity contribution in [1.29, 1.82) is 0 Å². The summed E-state index contributed by atoms with van der Waals surface area (Å²) in [5, 5.41) is 7.60. The minimum atomic E-state index is 0.124. The smallest absolute Gasteiger partial charge is 0.227 e. The first-order chi connectivity index (χ1) is 10.2. The number of nitrogens with one attached hydrogen (secondary N) is 1. The van der Waals surface area contributed by atoms with Crippen LogP contribution in [0.15, 0.2) is 42.7 Å². The van der Waals surface area contributed by atoms with E-state index < -0.39 is 0 Å². The van der Waals surface area contributed by atoms with E-state index in [1.807, 2.05) is 54.5 Å². The molecule has 5 heteroatoms. The van der Waals surface area contributed by atoms with Gasteiger partial charge in [-0.2, -0.15) is 5.10 Å². The van der Waals surface area contributed by atoms with Gasteiger partial charge < -0.3 is 10.2 Å². The lowest BCUT2D eigenvalue weighted by molar-refractivity contribution is -0.134. The van der Waals surface area contributed by atoms with Gasteiger partial charge in [0, 0.05) is 31.9 Å². The van der Waals surface area contributed by atoms with Gasteiger partial charge in [-0.1, -0.05) is 18.2 Å². The number of nitrogens with zero attached hydrogens (tertiary/aromatic N) is 3. The molecule has 1 aliphatic rings. The van der Waals surface area contributed by atoms with Crippen LogP contribution >= 0.6 is 0 Å². The summed E-state index contributed by atoms with van der Waals surface area (Å²) in [6.07, 6.45) is 4.74. The van der Waals surface area contributed by atoms with Gasteiger partial charge in [0.1, 0.15) is 0 Å². The minimum absolute atomic E-state index is 0.124. The summed E-state index contributed by atoms with van der Waals surface area (Å²) in [5.41, 5.74) is 2.07. The molecule has 21 heavy (non-hydrogen) atoms. The lowest BCUT2D eigenvalue weighted by atomic mass is 10.1. The second-order valence-electron chi connectivity index (χ2n) is 5.51. The van der Waals surface area contributed by atoms with Crippen LogP contribution in [0.5, 0.6) is 0 Å². The zero-order chi connectivity index (χ0) is 14.7. The summed E-state index contributed by atoms with van der Waals surface area (Å²) in [4.78, 5) is 14.1. The van der Waals surface area contributed by atoms with E-state index >= 15 is 0 Å². The quantitative estimate of drug-likeness (QED) is 0.924. The van der Waals surface area contributed by atoms with E-state index in [9.17, 15) is 4.79 Å². The van der Waals surface area contributed by atoms with Gasteiger partial charge in [0.05, 0.1) is 17.8 Å². The van der Waals surface area contributed by atoms with E-state index in [1.165, 1.54) is 0 Å². The van der Waals surface area contributed by atoms with Gasteiger partial charge in [-0.3, -0.25) is 4.79 Å². The van der Waals surface area contributed by atoms with Crippen molar-refractivity contribution < 1.29 is 4.79 Å². The Hall–Kier alpha value is -2.14. The fourth-order valence-corrected chi connectivity index (χ4v) is 2.69. The number of para-hydroxylation sites is 1. The van der Waals surface area contributed by atoms with Crippen LogP contribution in [0.4, 0.5) is 0 Å². The molecule has 110 valence electrons. The van der Waals surface area contributed by atoms with Crippen LogP contribution in [-0.4, -0.2) is 40.7 Å². The summed E-state index contributed by atoms with van der Waals surface area (Å²) in [7, 11) is 1.86. The summed E-state index contributed by atoms with van der Waals surface area (Å²) in [5.74, 6) is 0.339. The molecule has 1 N–H and O–H groups in total. The molecule has 1 amide bonds. The number of aromatic nitrogens is 2. The fraction of sp³-hybridized carbons (Fsp3) is 0.375. The molecule has 0 saturated carbocycles. The topological polar surface area (TPSA) is 50.2 Å². The molecular formula is C16H20N4O. The van der Waals surface area contributed by atoms with Crippen molar-refractivity contribution >= 4 is 5.91 Å². The maximum atomic E-state index is 12.3. The van der Waals surface area contributed by atoms with Gasteiger partial charge in [0.25, 0.3) is 0 Å². The Morgan fingerprint density at radius 3 is 2.95 bits per heavy atom. The third-order valence-electron chi connectivity index (χ3n) is 3.86. The van der Waals surface area contributed by atoms with Crippen LogP contribution in [0, 0.1) is 5.92 Å². The normalized spacial score (nSPS) is 17.9. The average molecular weight is 284 g/mol. The van der Waals surface area contributed by atoms with Crippen molar-refractivity contribution in [2.75, 3.05) is 20.1 Å². The van der Waals surface area contributed by atoms with Crippen molar-refractivity contribution in [2.45, 2.75) is 13.0 Å². The van der Waals surface area contributed by atoms with E-state index in [4.69, 9.17) is 0 Å².